The third-order valence-corrected chi connectivity index (χ3v) is 4.49. The molecule has 1 fully saturated rings. The molecule has 4 nitrogen and oxygen atoms in total. The molecule has 1 aliphatic rings. The third-order valence-electron chi connectivity index (χ3n) is 4.49. The van der Waals surface area contributed by atoms with Crippen LogP contribution in [0.5, 0.6) is 0 Å². The highest BCUT2D eigenvalue weighted by atomic mass is 16.3. The van der Waals surface area contributed by atoms with Gasteiger partial charge in [0.2, 0.25) is 5.91 Å². The number of nitrogens with one attached hydrogen (secondary N) is 1. The van der Waals surface area contributed by atoms with E-state index in [0.717, 1.165) is 24.0 Å². The number of aliphatic hydroxyl groups is 1. The SMILES string of the molecule is O=C(CCc1ccncc1)N[C@@H](c1ccccc1)C1CC(O)C1. The molecule has 3 rings (SSSR count). The van der Waals surface area contributed by atoms with Gasteiger partial charge in [0.1, 0.15) is 0 Å². The second-order valence-corrected chi connectivity index (χ2v) is 6.20. The lowest BCUT2D eigenvalue weighted by molar-refractivity contribution is -0.123. The summed E-state index contributed by atoms with van der Waals surface area (Å²) in [5, 5.41) is 12.7. The lowest BCUT2D eigenvalue weighted by Gasteiger charge is -2.38. The lowest BCUT2D eigenvalue weighted by atomic mass is 9.75. The first kappa shape index (κ1) is 15.7. The minimum atomic E-state index is -0.222. The smallest absolute Gasteiger partial charge is 0.220 e. The number of amides is 1. The number of aryl methyl sites for hydroxylation is 1. The molecule has 120 valence electrons. The van der Waals surface area contributed by atoms with Gasteiger partial charge in [-0.15, -0.1) is 0 Å². The van der Waals surface area contributed by atoms with Crippen molar-refractivity contribution in [2.24, 2.45) is 5.92 Å². The summed E-state index contributed by atoms with van der Waals surface area (Å²) in [4.78, 5) is 16.3. The standard InChI is InChI=1S/C19H22N2O2/c22-17-12-16(13-17)19(15-4-2-1-3-5-15)21-18(23)7-6-14-8-10-20-11-9-14/h1-5,8-11,16-17,19,22H,6-7,12-13H2,(H,21,23)/t16?,17?,19-/m0/s1. The van der Waals surface area contributed by atoms with Crippen molar-refractivity contribution in [3.8, 4) is 0 Å². The van der Waals surface area contributed by atoms with Crippen molar-refractivity contribution in [2.75, 3.05) is 0 Å². The van der Waals surface area contributed by atoms with E-state index in [1.54, 1.807) is 12.4 Å². The summed E-state index contributed by atoms with van der Waals surface area (Å²) in [7, 11) is 0. The van der Waals surface area contributed by atoms with Crippen LogP contribution in [0.15, 0.2) is 54.9 Å². The number of aromatic nitrogens is 1. The van der Waals surface area contributed by atoms with Gasteiger partial charge in [-0.3, -0.25) is 9.78 Å². The van der Waals surface area contributed by atoms with E-state index in [1.807, 2.05) is 42.5 Å². The molecule has 0 saturated heterocycles. The molecular weight excluding hydrogens is 288 g/mol. The van der Waals surface area contributed by atoms with Gasteiger partial charge in [-0.25, -0.2) is 0 Å². The molecule has 4 heteroatoms. The highest BCUT2D eigenvalue weighted by Crippen LogP contribution is 2.38. The number of aliphatic hydroxyl groups excluding tert-OH is 1. The van der Waals surface area contributed by atoms with Crippen molar-refractivity contribution in [3.63, 3.8) is 0 Å². The van der Waals surface area contributed by atoms with Crippen LogP contribution >= 0.6 is 0 Å². The first-order chi connectivity index (χ1) is 11.2. The highest BCUT2D eigenvalue weighted by molar-refractivity contribution is 5.76. The third kappa shape index (κ3) is 4.17. The minimum Gasteiger partial charge on any atom is -0.393 e. The van der Waals surface area contributed by atoms with Gasteiger partial charge in [0.15, 0.2) is 0 Å². The Morgan fingerprint density at radius 1 is 1.17 bits per heavy atom. The fourth-order valence-corrected chi connectivity index (χ4v) is 3.09. The summed E-state index contributed by atoms with van der Waals surface area (Å²) in [6.07, 6.45) is 5.95. The molecule has 23 heavy (non-hydrogen) atoms. The fourth-order valence-electron chi connectivity index (χ4n) is 3.09. The van der Waals surface area contributed by atoms with Crippen molar-refractivity contribution in [2.45, 2.75) is 37.8 Å². The monoisotopic (exact) mass is 310 g/mol. The Bertz CT molecular complexity index is 624. The Labute approximate surface area is 136 Å². The molecule has 0 bridgehead atoms. The zero-order valence-corrected chi connectivity index (χ0v) is 13.1. The van der Waals surface area contributed by atoms with Crippen molar-refractivity contribution in [1.29, 1.82) is 0 Å². The Kier molecular flexibility index (Phi) is 5.03. The number of hydrogen-bond donors (Lipinski definition) is 2. The van der Waals surface area contributed by atoms with Crippen LogP contribution in [0.1, 0.15) is 36.4 Å². The van der Waals surface area contributed by atoms with Crippen LogP contribution < -0.4 is 5.32 Å². The maximum Gasteiger partial charge on any atom is 0.220 e. The van der Waals surface area contributed by atoms with E-state index in [1.165, 1.54) is 0 Å². The van der Waals surface area contributed by atoms with Gasteiger partial charge < -0.3 is 10.4 Å². The second-order valence-electron chi connectivity index (χ2n) is 6.20. The average molecular weight is 310 g/mol. The van der Waals surface area contributed by atoms with Crippen molar-refractivity contribution >= 4 is 5.91 Å². The molecule has 0 spiro atoms. The molecule has 1 aliphatic carbocycles. The van der Waals surface area contributed by atoms with Gasteiger partial charge in [0.25, 0.3) is 0 Å². The van der Waals surface area contributed by atoms with Gasteiger partial charge in [0, 0.05) is 18.8 Å². The first-order valence-corrected chi connectivity index (χ1v) is 8.13. The van der Waals surface area contributed by atoms with Crippen molar-refractivity contribution in [1.82, 2.24) is 10.3 Å². The van der Waals surface area contributed by atoms with Gasteiger partial charge in [0.05, 0.1) is 12.1 Å². The molecule has 1 aromatic carbocycles. The molecular formula is C19H22N2O2. The summed E-state index contributed by atoms with van der Waals surface area (Å²) in [6, 6.07) is 13.9. The molecule has 1 saturated carbocycles. The Hall–Kier alpha value is -2.20. The minimum absolute atomic E-state index is 0.00969. The van der Waals surface area contributed by atoms with Crippen molar-refractivity contribution in [3.05, 3.63) is 66.0 Å². The molecule has 0 unspecified atom stereocenters. The number of nitrogens with zero attached hydrogens (tertiary/aromatic N) is 1. The second kappa shape index (κ2) is 7.38. The molecule has 0 radical (unpaired) electrons. The molecule has 1 amide bonds. The maximum absolute atomic E-state index is 12.3. The number of pyridine rings is 1. The summed E-state index contributed by atoms with van der Waals surface area (Å²) in [5.41, 5.74) is 2.23. The van der Waals surface area contributed by atoms with Crippen LogP contribution in [0.2, 0.25) is 0 Å². The lowest BCUT2D eigenvalue weighted by Crippen LogP contribution is -2.41. The molecule has 1 atom stereocenters. The van der Waals surface area contributed by atoms with Crippen LogP contribution in [-0.4, -0.2) is 22.1 Å². The first-order valence-electron chi connectivity index (χ1n) is 8.13. The van der Waals surface area contributed by atoms with E-state index in [2.05, 4.69) is 10.3 Å². The number of carbonyl (C=O) groups excluding carboxylic acids is 1. The number of benzene rings is 1. The van der Waals surface area contributed by atoms with E-state index in [9.17, 15) is 9.90 Å². The van der Waals surface area contributed by atoms with Gasteiger partial charge in [-0.2, -0.15) is 0 Å². The molecule has 1 aromatic heterocycles. The van der Waals surface area contributed by atoms with E-state index in [4.69, 9.17) is 0 Å². The summed E-state index contributed by atoms with van der Waals surface area (Å²) in [5.74, 6) is 0.370. The predicted molar refractivity (Wildman–Crippen MR) is 88.6 cm³/mol. The maximum atomic E-state index is 12.3. The Morgan fingerprint density at radius 3 is 2.52 bits per heavy atom. The number of hydrogen-bond acceptors (Lipinski definition) is 3. The summed E-state index contributed by atoms with van der Waals surface area (Å²) < 4.78 is 0. The largest absolute Gasteiger partial charge is 0.393 e. The fraction of sp³-hybridized carbons (Fsp3) is 0.368. The Morgan fingerprint density at radius 2 is 1.87 bits per heavy atom. The van der Waals surface area contributed by atoms with Gasteiger partial charge in [-0.1, -0.05) is 30.3 Å². The normalized spacial score (nSPS) is 21.3. The van der Waals surface area contributed by atoms with E-state index < -0.39 is 0 Å². The Balaban J connectivity index is 1.60. The quantitative estimate of drug-likeness (QED) is 0.862. The van der Waals surface area contributed by atoms with E-state index >= 15 is 0 Å². The number of rotatable bonds is 6. The summed E-state index contributed by atoms with van der Waals surface area (Å²) in [6.45, 7) is 0. The van der Waals surface area contributed by atoms with Gasteiger partial charge >= 0.3 is 0 Å². The van der Waals surface area contributed by atoms with E-state index in [0.29, 0.717) is 18.8 Å². The summed E-state index contributed by atoms with van der Waals surface area (Å²) >= 11 is 0. The highest BCUT2D eigenvalue weighted by Gasteiger charge is 2.35. The van der Waals surface area contributed by atoms with Crippen LogP contribution in [0.25, 0.3) is 0 Å². The van der Waals surface area contributed by atoms with Crippen LogP contribution in [0, 0.1) is 5.92 Å². The topological polar surface area (TPSA) is 62.2 Å². The van der Waals surface area contributed by atoms with Crippen molar-refractivity contribution < 1.29 is 9.90 Å². The zero-order valence-electron chi connectivity index (χ0n) is 13.1. The zero-order chi connectivity index (χ0) is 16.1. The van der Waals surface area contributed by atoms with Crippen LogP contribution in [0.4, 0.5) is 0 Å². The van der Waals surface area contributed by atoms with E-state index in [-0.39, 0.29) is 18.1 Å². The molecule has 0 aliphatic heterocycles. The van der Waals surface area contributed by atoms with Crippen LogP contribution in [-0.2, 0) is 11.2 Å². The number of carbonyl (C=O) groups is 1. The van der Waals surface area contributed by atoms with Crippen LogP contribution in [0.3, 0.4) is 0 Å². The van der Waals surface area contributed by atoms with Gasteiger partial charge in [-0.05, 0) is 48.4 Å². The molecule has 1 heterocycles. The predicted octanol–water partition coefficient (Wildman–Crippen LogP) is 2.64. The average Bonchev–Trinajstić information content (AvgIpc) is 2.57. The molecule has 2 N–H and O–H groups in total. The molecule has 2 aromatic rings.